The van der Waals surface area contributed by atoms with E-state index >= 15 is 0 Å². The summed E-state index contributed by atoms with van der Waals surface area (Å²) in [5.74, 6) is 0.572. The van der Waals surface area contributed by atoms with Gasteiger partial charge in [0.1, 0.15) is 17.5 Å². The van der Waals surface area contributed by atoms with Gasteiger partial charge < -0.3 is 19.5 Å². The third-order valence-corrected chi connectivity index (χ3v) is 6.75. The maximum absolute atomic E-state index is 11.8. The SMILES string of the molecule is COc1cc(OC)cc(N(CCN2CCC[C@H]2C(=O)O)c2ccc3ncc(-c4cnn(C)c4)nc3c2)c1. The van der Waals surface area contributed by atoms with Crippen molar-refractivity contribution >= 4 is 28.4 Å². The number of hydrogen-bond acceptors (Lipinski definition) is 8. The minimum Gasteiger partial charge on any atom is -0.497 e. The number of aliphatic carboxylic acids is 1. The fraction of sp³-hybridized carbons (Fsp3) is 0.333. The van der Waals surface area contributed by atoms with Crippen molar-refractivity contribution in [2.75, 3.05) is 38.8 Å². The lowest BCUT2D eigenvalue weighted by Gasteiger charge is -2.29. The molecule has 5 rings (SSSR count). The highest BCUT2D eigenvalue weighted by atomic mass is 16.5. The number of carboxylic acids is 1. The molecule has 1 aliphatic heterocycles. The van der Waals surface area contributed by atoms with Gasteiger partial charge in [0.15, 0.2) is 0 Å². The van der Waals surface area contributed by atoms with Crippen molar-refractivity contribution in [3.63, 3.8) is 0 Å². The summed E-state index contributed by atoms with van der Waals surface area (Å²) in [7, 11) is 5.11. The number of carbonyl (C=O) groups is 1. The number of likely N-dealkylation sites (tertiary alicyclic amines) is 1. The van der Waals surface area contributed by atoms with Crippen LogP contribution in [0.25, 0.3) is 22.3 Å². The minimum atomic E-state index is -0.768. The summed E-state index contributed by atoms with van der Waals surface area (Å²) in [6, 6.07) is 11.2. The van der Waals surface area contributed by atoms with Gasteiger partial charge in [-0.3, -0.25) is 19.4 Å². The summed E-state index contributed by atoms with van der Waals surface area (Å²) in [6.45, 7) is 1.93. The molecule has 4 aromatic rings. The third kappa shape index (κ3) is 5.19. The molecule has 0 spiro atoms. The van der Waals surface area contributed by atoms with E-state index in [1.165, 1.54) is 0 Å². The standard InChI is InChI=1S/C27H30N6O4/c1-31-17-18(15-29-31)25-16-28-23-7-6-19(13-24(23)30-25)33(10-9-32-8-4-5-26(32)27(34)35)20-11-21(36-2)14-22(12-20)37-3/h6-7,11-17,26H,4-5,8-10H2,1-3H3,(H,34,35)/t26-/m0/s1. The second-order valence-corrected chi connectivity index (χ2v) is 9.09. The van der Waals surface area contributed by atoms with Crippen molar-refractivity contribution in [3.05, 3.63) is 55.0 Å². The Morgan fingerprint density at radius 3 is 2.54 bits per heavy atom. The lowest BCUT2D eigenvalue weighted by atomic mass is 10.2. The molecule has 1 N–H and O–H groups in total. The Morgan fingerprint density at radius 2 is 1.86 bits per heavy atom. The van der Waals surface area contributed by atoms with E-state index in [1.807, 2.05) is 54.5 Å². The van der Waals surface area contributed by atoms with Crippen LogP contribution < -0.4 is 14.4 Å². The van der Waals surface area contributed by atoms with Gasteiger partial charge in [0.2, 0.25) is 0 Å². The Balaban J connectivity index is 1.54. The van der Waals surface area contributed by atoms with Crippen LogP contribution in [0, 0.1) is 0 Å². The minimum absolute atomic E-state index is 0.453. The molecule has 2 aromatic heterocycles. The molecule has 0 unspecified atom stereocenters. The van der Waals surface area contributed by atoms with Crippen molar-refractivity contribution in [1.82, 2.24) is 24.6 Å². The van der Waals surface area contributed by atoms with E-state index in [0.29, 0.717) is 31.0 Å². The summed E-state index contributed by atoms with van der Waals surface area (Å²) in [6.07, 6.45) is 6.98. The van der Waals surface area contributed by atoms with E-state index in [0.717, 1.165) is 46.6 Å². The molecule has 10 heteroatoms. The van der Waals surface area contributed by atoms with Crippen LogP contribution >= 0.6 is 0 Å². The van der Waals surface area contributed by atoms with Crippen molar-refractivity contribution < 1.29 is 19.4 Å². The molecule has 37 heavy (non-hydrogen) atoms. The number of carboxylic acid groups (broad SMARTS) is 1. The molecule has 0 aliphatic carbocycles. The third-order valence-electron chi connectivity index (χ3n) is 6.75. The molecule has 0 radical (unpaired) electrons. The Labute approximate surface area is 215 Å². The number of benzene rings is 2. The van der Waals surface area contributed by atoms with Crippen molar-refractivity contribution in [2.45, 2.75) is 18.9 Å². The molecule has 1 atom stereocenters. The molecule has 0 amide bonds. The first kappa shape index (κ1) is 24.5. The molecule has 1 aliphatic rings. The zero-order valence-corrected chi connectivity index (χ0v) is 21.2. The monoisotopic (exact) mass is 502 g/mol. The molecule has 2 aromatic carbocycles. The second kappa shape index (κ2) is 10.4. The first-order chi connectivity index (χ1) is 17.9. The summed E-state index contributed by atoms with van der Waals surface area (Å²) in [4.78, 5) is 25.4. The maximum Gasteiger partial charge on any atom is 0.320 e. The number of methoxy groups -OCH3 is 2. The Bertz CT molecular complexity index is 1400. The fourth-order valence-electron chi connectivity index (χ4n) is 4.82. The Kier molecular flexibility index (Phi) is 6.91. The predicted octanol–water partition coefficient (Wildman–Crippen LogP) is 3.73. The molecular weight excluding hydrogens is 472 g/mol. The van der Waals surface area contributed by atoms with Crippen LogP contribution in [0.1, 0.15) is 12.8 Å². The van der Waals surface area contributed by atoms with Crippen LogP contribution in [-0.4, -0.2) is 75.6 Å². The number of aryl methyl sites for hydroxylation is 1. The van der Waals surface area contributed by atoms with Crippen LogP contribution in [0.15, 0.2) is 55.0 Å². The number of hydrogen-bond donors (Lipinski definition) is 1. The van der Waals surface area contributed by atoms with E-state index in [4.69, 9.17) is 14.5 Å². The van der Waals surface area contributed by atoms with Gasteiger partial charge in [-0.15, -0.1) is 0 Å². The highest BCUT2D eigenvalue weighted by Crippen LogP contribution is 2.34. The van der Waals surface area contributed by atoms with E-state index in [9.17, 15) is 9.90 Å². The van der Waals surface area contributed by atoms with Gasteiger partial charge in [-0.1, -0.05) is 0 Å². The van der Waals surface area contributed by atoms with Crippen LogP contribution in [-0.2, 0) is 11.8 Å². The normalized spacial score (nSPS) is 15.7. The van der Waals surface area contributed by atoms with E-state index < -0.39 is 12.0 Å². The number of anilines is 2. The van der Waals surface area contributed by atoms with E-state index in [-0.39, 0.29) is 0 Å². The Hall–Kier alpha value is -4.18. The molecule has 0 bridgehead atoms. The number of ether oxygens (including phenoxy) is 2. The molecule has 0 saturated carbocycles. The number of rotatable bonds is 9. The van der Waals surface area contributed by atoms with Gasteiger partial charge in [-0.2, -0.15) is 5.10 Å². The summed E-state index contributed by atoms with van der Waals surface area (Å²) in [5.41, 5.74) is 4.96. The first-order valence-electron chi connectivity index (χ1n) is 12.2. The van der Waals surface area contributed by atoms with Gasteiger partial charge in [0.05, 0.1) is 43.3 Å². The topological polar surface area (TPSA) is 106 Å². The van der Waals surface area contributed by atoms with Crippen molar-refractivity contribution in [2.24, 2.45) is 7.05 Å². The average Bonchev–Trinajstić information content (AvgIpc) is 3.57. The molecule has 1 saturated heterocycles. The number of aromatic nitrogens is 4. The van der Waals surface area contributed by atoms with Crippen LogP contribution in [0.4, 0.5) is 11.4 Å². The maximum atomic E-state index is 11.8. The van der Waals surface area contributed by atoms with Gasteiger partial charge in [-0.25, -0.2) is 4.98 Å². The summed E-state index contributed by atoms with van der Waals surface area (Å²) < 4.78 is 12.8. The van der Waals surface area contributed by atoms with E-state index in [2.05, 4.69) is 15.0 Å². The predicted molar refractivity (Wildman–Crippen MR) is 141 cm³/mol. The molecule has 10 nitrogen and oxygen atoms in total. The van der Waals surface area contributed by atoms with Crippen molar-refractivity contribution in [1.29, 1.82) is 0 Å². The smallest absolute Gasteiger partial charge is 0.320 e. The highest BCUT2D eigenvalue weighted by molar-refractivity contribution is 5.82. The highest BCUT2D eigenvalue weighted by Gasteiger charge is 2.30. The summed E-state index contributed by atoms with van der Waals surface area (Å²) in [5, 5.41) is 13.9. The first-order valence-corrected chi connectivity index (χ1v) is 12.2. The van der Waals surface area contributed by atoms with Crippen LogP contribution in [0.2, 0.25) is 0 Å². The molecule has 192 valence electrons. The van der Waals surface area contributed by atoms with Gasteiger partial charge >= 0.3 is 5.97 Å². The molecule has 3 heterocycles. The average molecular weight is 503 g/mol. The van der Waals surface area contributed by atoms with Gasteiger partial charge in [-0.05, 0) is 37.6 Å². The number of nitrogens with zero attached hydrogens (tertiary/aromatic N) is 6. The summed E-state index contributed by atoms with van der Waals surface area (Å²) >= 11 is 0. The van der Waals surface area contributed by atoms with E-state index in [1.54, 1.807) is 31.3 Å². The zero-order chi connectivity index (χ0) is 25.9. The van der Waals surface area contributed by atoms with Gasteiger partial charge in [0.25, 0.3) is 0 Å². The molecule has 1 fully saturated rings. The van der Waals surface area contributed by atoms with Crippen LogP contribution in [0.3, 0.4) is 0 Å². The second-order valence-electron chi connectivity index (χ2n) is 9.09. The fourth-order valence-corrected chi connectivity index (χ4v) is 4.82. The van der Waals surface area contributed by atoms with Crippen molar-refractivity contribution in [3.8, 4) is 22.8 Å². The zero-order valence-electron chi connectivity index (χ0n) is 21.2. The molecular formula is C27H30N6O4. The number of fused-ring (bicyclic) bond motifs is 1. The lowest BCUT2D eigenvalue weighted by Crippen LogP contribution is -2.40. The largest absolute Gasteiger partial charge is 0.497 e. The lowest BCUT2D eigenvalue weighted by molar-refractivity contribution is -0.142. The van der Waals surface area contributed by atoms with Crippen LogP contribution in [0.5, 0.6) is 11.5 Å². The Morgan fingerprint density at radius 1 is 1.08 bits per heavy atom. The quantitative estimate of drug-likeness (QED) is 0.366. The van der Waals surface area contributed by atoms with Gasteiger partial charge in [0, 0.05) is 61.5 Å².